The van der Waals surface area contributed by atoms with Crippen LogP contribution in [0.15, 0.2) is 70.5 Å². The summed E-state index contributed by atoms with van der Waals surface area (Å²) in [5, 5.41) is 0. The molecule has 1 aliphatic heterocycles. The Morgan fingerprint density at radius 2 is 1.73 bits per heavy atom. The molecule has 3 aromatic rings. The molecule has 0 aliphatic carbocycles. The van der Waals surface area contributed by atoms with Crippen LogP contribution in [0.4, 0.5) is 0 Å². The van der Waals surface area contributed by atoms with Crippen LogP contribution in [0.2, 0.25) is 0 Å². The van der Waals surface area contributed by atoms with Gasteiger partial charge in [0, 0.05) is 10.5 Å². The van der Waals surface area contributed by atoms with Gasteiger partial charge in [-0.2, -0.15) is 0 Å². The molecule has 1 atom stereocenters. The van der Waals surface area contributed by atoms with E-state index >= 15 is 0 Å². The van der Waals surface area contributed by atoms with Crippen molar-refractivity contribution in [1.29, 1.82) is 0 Å². The van der Waals surface area contributed by atoms with E-state index in [-0.39, 0.29) is 47.0 Å². The van der Waals surface area contributed by atoms with Crippen molar-refractivity contribution in [3.8, 4) is 11.5 Å². The number of phosphoric ester groups is 1. The van der Waals surface area contributed by atoms with Gasteiger partial charge in [0.05, 0.1) is 12.0 Å². The maximum Gasteiger partial charge on any atom is 1.00 e. The summed E-state index contributed by atoms with van der Waals surface area (Å²) in [5.74, 6) is 1.33. The number of methoxy groups -OCH3 is 1. The van der Waals surface area contributed by atoms with Crippen LogP contribution in [0, 0.1) is 6.92 Å². The van der Waals surface area contributed by atoms with Crippen LogP contribution in [-0.2, 0) is 9.09 Å². The van der Waals surface area contributed by atoms with E-state index in [9.17, 15) is 9.46 Å². The summed E-state index contributed by atoms with van der Waals surface area (Å²) >= 11 is 1.51. The zero-order chi connectivity index (χ0) is 22.9. The van der Waals surface area contributed by atoms with Gasteiger partial charge >= 0.3 is 37.4 Å². The molecule has 0 saturated heterocycles. The molecule has 8 heteroatoms. The fourth-order valence-electron chi connectivity index (χ4n) is 3.41. The predicted molar refractivity (Wildman–Crippen MR) is 126 cm³/mol. The van der Waals surface area contributed by atoms with Crippen molar-refractivity contribution in [3.05, 3.63) is 82.9 Å². The zero-order valence-electron chi connectivity index (χ0n) is 19.3. The minimum Gasteiger partial charge on any atom is -0.736 e. The first-order chi connectivity index (χ1) is 15.3. The number of hydrogen-bond acceptors (Lipinski definition) is 6. The van der Waals surface area contributed by atoms with E-state index in [2.05, 4.69) is 0 Å². The SMILES string of the molecule is COc1cccc2c1Sc1ccccc1C=C2OP(=O)([O-])Oc1cc(C(C)C)ccc1C.[Na+]. The van der Waals surface area contributed by atoms with Crippen LogP contribution in [0.25, 0.3) is 11.8 Å². The van der Waals surface area contributed by atoms with Gasteiger partial charge in [0.25, 0.3) is 0 Å². The monoisotopic (exact) mass is 490 g/mol. The number of aryl methyl sites for hydroxylation is 1. The largest absolute Gasteiger partial charge is 1.00 e. The van der Waals surface area contributed by atoms with Crippen molar-refractivity contribution in [2.75, 3.05) is 7.11 Å². The number of phosphoric acid groups is 1. The van der Waals surface area contributed by atoms with E-state index < -0.39 is 7.82 Å². The molecule has 0 spiro atoms. The minimum atomic E-state index is -4.74. The summed E-state index contributed by atoms with van der Waals surface area (Å²) in [5.41, 5.74) is 3.17. The summed E-state index contributed by atoms with van der Waals surface area (Å²) in [6, 6.07) is 18.7. The molecule has 1 unspecified atom stereocenters. The van der Waals surface area contributed by atoms with Crippen LogP contribution in [0.3, 0.4) is 0 Å². The Balaban J connectivity index is 0.00000306. The van der Waals surface area contributed by atoms with Crippen LogP contribution >= 0.6 is 19.6 Å². The molecule has 3 aromatic carbocycles. The van der Waals surface area contributed by atoms with Crippen molar-refractivity contribution < 1.29 is 52.8 Å². The van der Waals surface area contributed by atoms with Crippen LogP contribution < -0.4 is 43.7 Å². The molecule has 0 radical (unpaired) electrons. The van der Waals surface area contributed by atoms with Gasteiger partial charge in [0.1, 0.15) is 17.3 Å². The molecule has 0 amide bonds. The summed E-state index contributed by atoms with van der Waals surface area (Å²) in [7, 11) is -3.15. The number of hydrogen-bond donors (Lipinski definition) is 0. The third-order valence-corrected chi connectivity index (χ3v) is 7.24. The van der Waals surface area contributed by atoms with Crippen molar-refractivity contribution in [2.45, 2.75) is 36.5 Å². The predicted octanol–water partition coefficient (Wildman–Crippen LogP) is 3.66. The summed E-state index contributed by atoms with van der Waals surface area (Å²) in [4.78, 5) is 14.7. The number of ether oxygens (including phenoxy) is 1. The molecule has 1 aliphatic rings. The minimum absolute atomic E-state index is 0. The normalized spacial score (nSPS) is 14.1. The molecular weight excluding hydrogens is 466 g/mol. The van der Waals surface area contributed by atoms with E-state index in [4.69, 9.17) is 13.8 Å². The summed E-state index contributed by atoms with van der Waals surface area (Å²) in [6.07, 6.45) is 1.72. The second kappa shape index (κ2) is 10.7. The van der Waals surface area contributed by atoms with Crippen LogP contribution in [0.5, 0.6) is 11.5 Å². The quantitative estimate of drug-likeness (QED) is 0.388. The van der Waals surface area contributed by atoms with Gasteiger partial charge in [-0.25, -0.2) is 4.57 Å². The van der Waals surface area contributed by atoms with Crippen molar-refractivity contribution >= 4 is 31.4 Å². The van der Waals surface area contributed by atoms with E-state index in [1.54, 1.807) is 32.2 Å². The Bertz CT molecular complexity index is 1240. The fourth-order valence-corrected chi connectivity index (χ4v) is 5.42. The average molecular weight is 490 g/mol. The van der Waals surface area contributed by atoms with Crippen LogP contribution in [0.1, 0.15) is 42.0 Å². The third kappa shape index (κ3) is 5.89. The standard InChI is InChI=1S/C25H25O5PS.Na/c1-16(2)18-13-12-17(3)22(14-18)29-31(26,27)30-23-15-19-8-5-6-11-24(19)32-25-20(23)9-7-10-21(25)28-4;/h5-16H,1-4H3,(H,26,27);/q;+1/p-1. The molecule has 33 heavy (non-hydrogen) atoms. The molecule has 4 rings (SSSR count). The van der Waals surface area contributed by atoms with Crippen LogP contribution in [-0.4, -0.2) is 7.11 Å². The first kappa shape index (κ1) is 26.0. The molecular formula is C25H24NaO5PS. The number of fused-ring (bicyclic) bond motifs is 2. The second-order valence-electron chi connectivity index (χ2n) is 7.79. The molecule has 0 saturated carbocycles. The van der Waals surface area contributed by atoms with E-state index in [0.717, 1.165) is 20.9 Å². The Morgan fingerprint density at radius 1 is 0.970 bits per heavy atom. The van der Waals surface area contributed by atoms with Gasteiger partial charge < -0.3 is 18.7 Å². The maximum atomic E-state index is 13.0. The Labute approximate surface area is 221 Å². The molecule has 0 N–H and O–H groups in total. The van der Waals surface area contributed by atoms with Crippen molar-refractivity contribution in [2.24, 2.45) is 0 Å². The van der Waals surface area contributed by atoms with Gasteiger partial charge in [-0.3, -0.25) is 0 Å². The Hall–Kier alpha value is -1.66. The molecule has 0 bridgehead atoms. The molecule has 0 aromatic heterocycles. The summed E-state index contributed by atoms with van der Waals surface area (Å²) in [6.45, 7) is 5.88. The van der Waals surface area contributed by atoms with Gasteiger partial charge in [-0.05, 0) is 59.9 Å². The Morgan fingerprint density at radius 3 is 2.45 bits per heavy atom. The van der Waals surface area contributed by atoms with Gasteiger partial charge in [-0.15, -0.1) is 0 Å². The fraction of sp³-hybridized carbons (Fsp3) is 0.200. The first-order valence-electron chi connectivity index (χ1n) is 10.2. The maximum absolute atomic E-state index is 13.0. The average Bonchev–Trinajstić information content (AvgIpc) is 2.91. The zero-order valence-corrected chi connectivity index (χ0v) is 23.0. The van der Waals surface area contributed by atoms with Gasteiger partial charge in [0.2, 0.25) is 0 Å². The summed E-state index contributed by atoms with van der Waals surface area (Å²) < 4.78 is 29.5. The number of rotatable bonds is 6. The van der Waals surface area contributed by atoms with Crippen molar-refractivity contribution in [3.63, 3.8) is 0 Å². The van der Waals surface area contributed by atoms with E-state index in [1.807, 2.05) is 62.4 Å². The molecule has 166 valence electrons. The third-order valence-electron chi connectivity index (χ3n) is 5.18. The second-order valence-corrected chi connectivity index (χ2v) is 10.1. The molecule has 1 heterocycles. The van der Waals surface area contributed by atoms with E-state index in [1.165, 1.54) is 11.8 Å². The molecule has 0 fully saturated rings. The smallest absolute Gasteiger partial charge is 0.736 e. The topological polar surface area (TPSA) is 67.8 Å². The van der Waals surface area contributed by atoms with Gasteiger partial charge in [0.15, 0.2) is 0 Å². The first-order valence-corrected chi connectivity index (χ1v) is 12.5. The van der Waals surface area contributed by atoms with Gasteiger partial charge in [-0.1, -0.05) is 62.0 Å². The number of benzene rings is 3. The van der Waals surface area contributed by atoms with E-state index in [0.29, 0.717) is 16.9 Å². The molecule has 5 nitrogen and oxygen atoms in total. The Kier molecular flexibility index (Phi) is 8.44. The van der Waals surface area contributed by atoms with Crippen molar-refractivity contribution in [1.82, 2.24) is 0 Å².